The Labute approximate surface area is 197 Å². The fourth-order valence-corrected chi connectivity index (χ4v) is 6.12. The zero-order valence-electron chi connectivity index (χ0n) is 20.4. The minimum Gasteiger partial charge on any atom is -0.337 e. The first-order chi connectivity index (χ1) is 15.7. The molecule has 33 heavy (non-hydrogen) atoms. The molecule has 2 aliphatic rings. The number of hydrogen-bond acceptors (Lipinski definition) is 2. The van der Waals surface area contributed by atoms with Crippen LogP contribution in [-0.2, 0) is 17.6 Å². The predicted octanol–water partition coefficient (Wildman–Crippen LogP) is 5.41. The quantitative estimate of drug-likeness (QED) is 0.622. The van der Waals surface area contributed by atoms with E-state index in [9.17, 15) is 9.59 Å². The maximum Gasteiger partial charge on any atom is 0.319 e. The van der Waals surface area contributed by atoms with E-state index in [0.717, 1.165) is 43.5 Å². The van der Waals surface area contributed by atoms with Gasteiger partial charge in [0.25, 0.3) is 0 Å². The first-order valence-electron chi connectivity index (χ1n) is 12.2. The van der Waals surface area contributed by atoms with Gasteiger partial charge >= 0.3 is 6.03 Å². The van der Waals surface area contributed by atoms with Gasteiger partial charge in [-0.25, -0.2) is 4.79 Å². The molecule has 2 aromatic rings. The molecule has 0 spiro atoms. The Bertz CT molecular complexity index is 986. The molecule has 1 saturated carbocycles. The van der Waals surface area contributed by atoms with Crippen LogP contribution in [0, 0.1) is 10.8 Å². The van der Waals surface area contributed by atoms with E-state index in [-0.39, 0.29) is 28.8 Å². The summed E-state index contributed by atoms with van der Waals surface area (Å²) in [5.41, 5.74) is 3.37. The average Bonchev–Trinajstić information content (AvgIpc) is 3.02. The summed E-state index contributed by atoms with van der Waals surface area (Å²) in [6, 6.07) is 17.0. The summed E-state index contributed by atoms with van der Waals surface area (Å²) < 4.78 is 0. The first kappa shape index (κ1) is 23.3. The molecule has 0 radical (unpaired) electrons. The number of likely N-dealkylation sites (tertiary alicyclic amines) is 1. The highest BCUT2D eigenvalue weighted by Gasteiger charge is 2.51. The van der Waals surface area contributed by atoms with Crippen LogP contribution in [0.2, 0.25) is 0 Å². The summed E-state index contributed by atoms with van der Waals surface area (Å²) in [5.74, 6) is 0.0294. The molecule has 2 fully saturated rings. The molecule has 176 valence electrons. The van der Waals surface area contributed by atoms with E-state index in [1.165, 1.54) is 5.56 Å². The van der Waals surface area contributed by atoms with E-state index in [1.807, 2.05) is 54.6 Å². The SMILES string of the molecule is CCc1ccc(NC(=O)NC(Cc2ccccc2)C(=O)N2CC3(C)CC2CC(C)(C)C3)cc1. The Morgan fingerprint density at radius 3 is 2.36 bits per heavy atom. The van der Waals surface area contributed by atoms with Gasteiger partial charge in [0.15, 0.2) is 0 Å². The van der Waals surface area contributed by atoms with Gasteiger partial charge in [-0.3, -0.25) is 4.79 Å². The Balaban J connectivity index is 1.50. The van der Waals surface area contributed by atoms with Crippen molar-refractivity contribution in [1.29, 1.82) is 0 Å². The fourth-order valence-electron chi connectivity index (χ4n) is 6.12. The number of amides is 3. The molecule has 3 atom stereocenters. The van der Waals surface area contributed by atoms with E-state index >= 15 is 0 Å². The van der Waals surface area contributed by atoms with Gasteiger partial charge < -0.3 is 15.5 Å². The molecule has 0 aromatic heterocycles. The molecule has 2 aromatic carbocycles. The van der Waals surface area contributed by atoms with Crippen LogP contribution in [0.1, 0.15) is 58.1 Å². The van der Waals surface area contributed by atoms with Crippen LogP contribution in [0.25, 0.3) is 0 Å². The third kappa shape index (κ3) is 5.58. The molecule has 1 heterocycles. The minimum atomic E-state index is -0.603. The van der Waals surface area contributed by atoms with Crippen molar-refractivity contribution in [2.75, 3.05) is 11.9 Å². The smallest absolute Gasteiger partial charge is 0.319 e. The number of fused-ring (bicyclic) bond motifs is 2. The molecule has 5 heteroatoms. The lowest BCUT2D eigenvalue weighted by Gasteiger charge is -2.39. The third-order valence-corrected chi connectivity index (χ3v) is 7.20. The lowest BCUT2D eigenvalue weighted by atomic mass is 9.65. The number of nitrogens with zero attached hydrogens (tertiary/aromatic N) is 1. The van der Waals surface area contributed by atoms with Gasteiger partial charge in [-0.05, 0) is 59.8 Å². The lowest BCUT2D eigenvalue weighted by Crippen LogP contribution is -2.52. The van der Waals surface area contributed by atoms with Crippen LogP contribution < -0.4 is 10.6 Å². The van der Waals surface area contributed by atoms with Gasteiger partial charge in [-0.15, -0.1) is 0 Å². The summed E-state index contributed by atoms with van der Waals surface area (Å²) in [6.07, 6.45) is 4.63. The van der Waals surface area contributed by atoms with E-state index in [0.29, 0.717) is 6.42 Å². The van der Waals surface area contributed by atoms with Crippen molar-refractivity contribution in [3.05, 3.63) is 65.7 Å². The van der Waals surface area contributed by atoms with E-state index in [2.05, 4.69) is 43.2 Å². The largest absolute Gasteiger partial charge is 0.337 e. The van der Waals surface area contributed by atoms with Crippen LogP contribution in [0.15, 0.2) is 54.6 Å². The van der Waals surface area contributed by atoms with Gasteiger partial charge in [0.1, 0.15) is 6.04 Å². The summed E-state index contributed by atoms with van der Waals surface area (Å²) >= 11 is 0. The monoisotopic (exact) mass is 447 g/mol. The van der Waals surface area contributed by atoms with E-state index < -0.39 is 6.04 Å². The Morgan fingerprint density at radius 1 is 1.00 bits per heavy atom. The summed E-state index contributed by atoms with van der Waals surface area (Å²) in [5, 5.41) is 5.89. The molecule has 2 N–H and O–H groups in total. The Hall–Kier alpha value is -2.82. The third-order valence-electron chi connectivity index (χ3n) is 7.20. The summed E-state index contributed by atoms with van der Waals surface area (Å²) in [6.45, 7) is 9.79. The molecule has 5 nitrogen and oxygen atoms in total. The number of hydrogen-bond donors (Lipinski definition) is 2. The number of anilines is 1. The van der Waals surface area contributed by atoms with Crippen molar-refractivity contribution in [3.8, 4) is 0 Å². The van der Waals surface area contributed by atoms with Crippen molar-refractivity contribution in [2.24, 2.45) is 10.8 Å². The molecular weight excluding hydrogens is 410 g/mol. The van der Waals surface area contributed by atoms with Crippen LogP contribution >= 0.6 is 0 Å². The number of urea groups is 1. The van der Waals surface area contributed by atoms with E-state index in [4.69, 9.17) is 0 Å². The number of carbonyl (C=O) groups is 2. The van der Waals surface area contributed by atoms with Gasteiger partial charge in [0, 0.05) is 24.7 Å². The van der Waals surface area contributed by atoms with Gasteiger partial charge in [0.05, 0.1) is 0 Å². The van der Waals surface area contributed by atoms with Crippen molar-refractivity contribution in [1.82, 2.24) is 10.2 Å². The second kappa shape index (κ2) is 9.20. The second-order valence-electron chi connectivity index (χ2n) is 11.1. The molecule has 1 aliphatic heterocycles. The highest BCUT2D eigenvalue weighted by molar-refractivity contribution is 5.94. The Morgan fingerprint density at radius 2 is 1.70 bits per heavy atom. The lowest BCUT2D eigenvalue weighted by molar-refractivity contribution is -0.134. The number of carbonyl (C=O) groups excluding carboxylic acids is 2. The van der Waals surface area contributed by atoms with Gasteiger partial charge in [-0.1, -0.05) is 70.2 Å². The van der Waals surface area contributed by atoms with Crippen molar-refractivity contribution in [3.63, 3.8) is 0 Å². The highest BCUT2D eigenvalue weighted by Crippen LogP contribution is 2.52. The van der Waals surface area contributed by atoms with Crippen LogP contribution in [0.3, 0.4) is 0 Å². The van der Waals surface area contributed by atoms with Crippen molar-refractivity contribution >= 4 is 17.6 Å². The maximum absolute atomic E-state index is 13.8. The number of benzene rings is 2. The molecular formula is C28H37N3O2. The zero-order valence-corrected chi connectivity index (χ0v) is 20.4. The fraction of sp³-hybridized carbons (Fsp3) is 0.500. The van der Waals surface area contributed by atoms with Gasteiger partial charge in [0.2, 0.25) is 5.91 Å². The van der Waals surface area contributed by atoms with Crippen LogP contribution in [0.4, 0.5) is 10.5 Å². The normalized spacial score (nSPS) is 24.2. The number of aryl methyl sites for hydroxylation is 1. The van der Waals surface area contributed by atoms with Crippen molar-refractivity contribution < 1.29 is 9.59 Å². The molecule has 4 rings (SSSR count). The second-order valence-corrected chi connectivity index (χ2v) is 11.1. The standard InChI is InChI=1S/C28H37N3O2/c1-5-20-11-13-22(14-12-20)29-26(33)30-24(15-21-9-7-6-8-10-21)25(32)31-19-28(4)17-23(31)16-27(2,3)18-28/h6-14,23-24H,5,15-19H2,1-4H3,(H2,29,30,33). The topological polar surface area (TPSA) is 61.4 Å². The molecule has 1 saturated heterocycles. The minimum absolute atomic E-state index is 0.0294. The zero-order chi connectivity index (χ0) is 23.6. The first-order valence-corrected chi connectivity index (χ1v) is 12.2. The molecule has 2 bridgehead atoms. The molecule has 3 unspecified atom stereocenters. The summed E-state index contributed by atoms with van der Waals surface area (Å²) in [7, 11) is 0. The van der Waals surface area contributed by atoms with Crippen molar-refractivity contribution in [2.45, 2.75) is 71.9 Å². The Kier molecular flexibility index (Phi) is 6.51. The van der Waals surface area contributed by atoms with Crippen LogP contribution in [0.5, 0.6) is 0 Å². The number of rotatable bonds is 6. The van der Waals surface area contributed by atoms with E-state index in [1.54, 1.807) is 0 Å². The predicted molar refractivity (Wildman–Crippen MR) is 133 cm³/mol. The average molecular weight is 448 g/mol. The molecule has 1 aliphatic carbocycles. The van der Waals surface area contributed by atoms with Gasteiger partial charge in [-0.2, -0.15) is 0 Å². The molecule has 3 amide bonds. The number of nitrogens with one attached hydrogen (secondary N) is 2. The maximum atomic E-state index is 13.8. The highest BCUT2D eigenvalue weighted by atomic mass is 16.2. The summed E-state index contributed by atoms with van der Waals surface area (Å²) in [4.78, 5) is 28.7. The van der Waals surface area contributed by atoms with Crippen LogP contribution in [-0.4, -0.2) is 35.5 Å².